The molecule has 1 rings (SSSR count). The minimum atomic E-state index is -0.865. The van der Waals surface area contributed by atoms with E-state index < -0.39 is 6.17 Å². The first-order chi connectivity index (χ1) is 8.13. The van der Waals surface area contributed by atoms with Gasteiger partial charge in [-0.3, -0.25) is 0 Å². The minimum absolute atomic E-state index is 0.260. The maximum atomic E-state index is 13.8. The summed E-state index contributed by atoms with van der Waals surface area (Å²) in [5, 5.41) is 0. The highest BCUT2D eigenvalue weighted by molar-refractivity contribution is 5.01. The van der Waals surface area contributed by atoms with Crippen LogP contribution in [0.25, 0.3) is 0 Å². The Hall–Kier alpha value is -0.590. The Morgan fingerprint density at radius 1 is 1.47 bits per heavy atom. The third-order valence-electron chi connectivity index (χ3n) is 2.87. The van der Waals surface area contributed by atoms with Crippen LogP contribution in [0.2, 0.25) is 0 Å². The fourth-order valence-corrected chi connectivity index (χ4v) is 2.05. The van der Waals surface area contributed by atoms with Crippen LogP contribution in [0.4, 0.5) is 4.39 Å². The van der Waals surface area contributed by atoms with Gasteiger partial charge in [0.15, 0.2) is 0 Å². The van der Waals surface area contributed by atoms with Crippen LogP contribution in [-0.4, -0.2) is 43.4 Å². The highest BCUT2D eigenvalue weighted by Crippen LogP contribution is 2.17. The second kappa shape index (κ2) is 7.68. The summed E-state index contributed by atoms with van der Waals surface area (Å²) in [5.74, 6) is 6.31. The van der Waals surface area contributed by atoms with Crippen LogP contribution in [0.5, 0.6) is 0 Å². The number of hydrogen-bond acceptors (Lipinski definition) is 2. The van der Waals surface area contributed by atoms with Crippen LogP contribution < -0.4 is 0 Å². The quantitative estimate of drug-likeness (QED) is 0.701. The fraction of sp³-hybridized carbons (Fsp3) is 0.857. The molecule has 2 atom stereocenters. The Morgan fingerprint density at radius 2 is 2.24 bits per heavy atom. The lowest BCUT2D eigenvalue weighted by molar-refractivity contribution is -0.0338. The molecule has 2 unspecified atom stereocenters. The first kappa shape index (κ1) is 14.5. The van der Waals surface area contributed by atoms with Crippen molar-refractivity contribution in [2.45, 2.75) is 45.9 Å². The Bertz CT molecular complexity index is 269. The Labute approximate surface area is 105 Å². The van der Waals surface area contributed by atoms with E-state index in [0.717, 1.165) is 25.9 Å². The molecule has 0 bridgehead atoms. The smallest absolute Gasteiger partial charge is 0.139 e. The topological polar surface area (TPSA) is 12.5 Å². The second-order valence-electron chi connectivity index (χ2n) is 4.93. The average Bonchev–Trinajstić information content (AvgIpc) is 2.27. The molecule has 0 amide bonds. The Balaban J connectivity index is 2.26. The molecule has 0 N–H and O–H groups in total. The summed E-state index contributed by atoms with van der Waals surface area (Å²) >= 11 is 0. The highest BCUT2D eigenvalue weighted by atomic mass is 19.1. The largest absolute Gasteiger partial charge is 0.362 e. The molecule has 0 aromatic heterocycles. The van der Waals surface area contributed by atoms with E-state index in [-0.39, 0.29) is 6.10 Å². The predicted octanol–water partition coefficient (Wildman–Crippen LogP) is 2.48. The fourth-order valence-electron chi connectivity index (χ4n) is 2.05. The van der Waals surface area contributed by atoms with Gasteiger partial charge in [0.05, 0.1) is 6.10 Å². The van der Waals surface area contributed by atoms with Crippen LogP contribution in [0.1, 0.15) is 33.6 Å². The molecule has 1 saturated heterocycles. The van der Waals surface area contributed by atoms with E-state index in [1.807, 2.05) is 13.8 Å². The van der Waals surface area contributed by atoms with Crippen LogP contribution in [0.3, 0.4) is 0 Å². The van der Waals surface area contributed by atoms with Crippen molar-refractivity contribution in [3.05, 3.63) is 0 Å². The van der Waals surface area contributed by atoms with Crippen molar-refractivity contribution in [3.63, 3.8) is 0 Å². The van der Waals surface area contributed by atoms with Crippen LogP contribution in [0, 0.1) is 17.8 Å². The second-order valence-corrected chi connectivity index (χ2v) is 4.93. The minimum Gasteiger partial charge on any atom is -0.362 e. The summed E-state index contributed by atoms with van der Waals surface area (Å²) in [6.45, 7) is 8.99. The summed E-state index contributed by atoms with van der Waals surface area (Å²) in [6.07, 6.45) is 0.739. The molecule has 0 spiro atoms. The summed E-state index contributed by atoms with van der Waals surface area (Å²) in [6, 6.07) is 0. The molecule has 0 aromatic rings. The summed E-state index contributed by atoms with van der Waals surface area (Å²) in [5.41, 5.74) is 0. The predicted molar refractivity (Wildman–Crippen MR) is 68.6 cm³/mol. The number of likely N-dealkylation sites (tertiary alicyclic amines) is 1. The van der Waals surface area contributed by atoms with Gasteiger partial charge in [0, 0.05) is 19.0 Å². The lowest BCUT2D eigenvalue weighted by Crippen LogP contribution is -2.45. The molecule has 17 heavy (non-hydrogen) atoms. The zero-order chi connectivity index (χ0) is 12.7. The number of alkyl halides is 1. The van der Waals surface area contributed by atoms with Gasteiger partial charge in [-0.25, -0.2) is 4.39 Å². The van der Waals surface area contributed by atoms with Gasteiger partial charge in [-0.05, 0) is 19.4 Å². The molecular formula is C14H24FNO. The molecule has 0 saturated carbocycles. The van der Waals surface area contributed by atoms with Gasteiger partial charge in [0.1, 0.15) is 12.8 Å². The van der Waals surface area contributed by atoms with Crippen LogP contribution in [-0.2, 0) is 4.74 Å². The van der Waals surface area contributed by atoms with E-state index in [0.29, 0.717) is 19.1 Å². The van der Waals surface area contributed by atoms with Crippen molar-refractivity contribution >= 4 is 0 Å². The molecule has 1 fully saturated rings. The molecular weight excluding hydrogens is 217 g/mol. The molecule has 2 nitrogen and oxygen atoms in total. The summed E-state index contributed by atoms with van der Waals surface area (Å²) < 4.78 is 19.3. The van der Waals surface area contributed by atoms with Gasteiger partial charge < -0.3 is 9.64 Å². The third kappa shape index (κ3) is 5.52. The highest BCUT2D eigenvalue weighted by Gasteiger charge is 2.29. The standard InChI is InChI=1S/C14H24FNO/c1-4-8-16-9-7-14(13(15)11-16)17-10-5-6-12(2)3/h12-14H,4,7-11H2,1-3H3. The Morgan fingerprint density at radius 3 is 2.82 bits per heavy atom. The zero-order valence-corrected chi connectivity index (χ0v) is 11.2. The number of nitrogens with zero attached hydrogens (tertiary/aromatic N) is 1. The van der Waals surface area contributed by atoms with E-state index in [9.17, 15) is 4.39 Å². The third-order valence-corrected chi connectivity index (χ3v) is 2.87. The van der Waals surface area contributed by atoms with Gasteiger partial charge >= 0.3 is 0 Å². The molecule has 98 valence electrons. The molecule has 1 heterocycles. The van der Waals surface area contributed by atoms with E-state index in [1.165, 1.54) is 0 Å². The Kier molecular flexibility index (Phi) is 6.54. The molecule has 0 aliphatic carbocycles. The van der Waals surface area contributed by atoms with Gasteiger partial charge in [0.25, 0.3) is 0 Å². The van der Waals surface area contributed by atoms with Crippen molar-refractivity contribution < 1.29 is 9.13 Å². The van der Waals surface area contributed by atoms with Crippen molar-refractivity contribution in [2.24, 2.45) is 5.92 Å². The molecule has 1 aliphatic rings. The number of halogens is 1. The number of rotatable bonds is 4. The van der Waals surface area contributed by atoms with Gasteiger partial charge in [-0.2, -0.15) is 0 Å². The number of hydrogen-bond donors (Lipinski definition) is 0. The number of ether oxygens (including phenoxy) is 1. The van der Waals surface area contributed by atoms with Crippen molar-refractivity contribution in [1.82, 2.24) is 4.90 Å². The van der Waals surface area contributed by atoms with E-state index >= 15 is 0 Å². The normalized spacial score (nSPS) is 25.7. The van der Waals surface area contributed by atoms with Crippen molar-refractivity contribution in [2.75, 3.05) is 26.2 Å². The molecule has 0 radical (unpaired) electrons. The van der Waals surface area contributed by atoms with Gasteiger partial charge in [0.2, 0.25) is 0 Å². The number of piperidine rings is 1. The van der Waals surface area contributed by atoms with Gasteiger partial charge in [-0.15, -0.1) is 0 Å². The SMILES string of the molecule is CCCN1CCC(OCC#CC(C)C)C(F)C1. The van der Waals surface area contributed by atoms with Crippen LogP contribution in [0.15, 0.2) is 0 Å². The maximum Gasteiger partial charge on any atom is 0.139 e. The average molecular weight is 241 g/mol. The van der Waals surface area contributed by atoms with Crippen molar-refractivity contribution in [1.29, 1.82) is 0 Å². The van der Waals surface area contributed by atoms with Crippen LogP contribution >= 0.6 is 0 Å². The summed E-state index contributed by atoms with van der Waals surface area (Å²) in [7, 11) is 0. The van der Waals surface area contributed by atoms with E-state index in [2.05, 4.69) is 23.7 Å². The first-order valence-electron chi connectivity index (χ1n) is 6.60. The zero-order valence-electron chi connectivity index (χ0n) is 11.2. The monoisotopic (exact) mass is 241 g/mol. The van der Waals surface area contributed by atoms with Crippen molar-refractivity contribution in [3.8, 4) is 11.8 Å². The molecule has 1 aliphatic heterocycles. The van der Waals surface area contributed by atoms with Gasteiger partial charge in [-0.1, -0.05) is 32.6 Å². The lowest BCUT2D eigenvalue weighted by Gasteiger charge is -2.33. The maximum absolute atomic E-state index is 13.8. The molecule has 0 aromatic carbocycles. The lowest BCUT2D eigenvalue weighted by atomic mass is 10.1. The van der Waals surface area contributed by atoms with E-state index in [4.69, 9.17) is 4.74 Å². The first-order valence-corrected chi connectivity index (χ1v) is 6.60. The molecule has 3 heteroatoms. The van der Waals surface area contributed by atoms with E-state index in [1.54, 1.807) is 0 Å². The summed E-state index contributed by atoms with van der Waals surface area (Å²) in [4.78, 5) is 2.17.